The predicted octanol–water partition coefficient (Wildman–Crippen LogP) is 2.99. The Hall–Kier alpha value is -0.800. The monoisotopic (exact) mass is 251 g/mol. The molecule has 1 fully saturated rings. The first-order chi connectivity index (χ1) is 8.66. The van der Waals surface area contributed by atoms with Crippen molar-refractivity contribution in [2.45, 2.75) is 45.8 Å². The number of aromatic nitrogens is 1. The lowest BCUT2D eigenvalue weighted by atomic mass is 10.1. The molecule has 1 aliphatic carbocycles. The normalized spacial score (nSPS) is 17.3. The Balaban J connectivity index is 1.67. The first kappa shape index (κ1) is 13.6. The molecule has 0 bridgehead atoms. The Morgan fingerprint density at radius 2 is 2.17 bits per heavy atom. The minimum absolute atomic E-state index is 0.256. The second-order valence-electron chi connectivity index (χ2n) is 5.76. The largest absolute Gasteiger partial charge is 0.388 e. The highest BCUT2D eigenvalue weighted by Crippen LogP contribution is 2.40. The Morgan fingerprint density at radius 3 is 2.83 bits per heavy atom. The van der Waals surface area contributed by atoms with Gasteiger partial charge >= 0.3 is 0 Å². The average Bonchev–Trinajstić information content (AvgIpc) is 3.07. The molecular formula is C15H25NO2. The number of aliphatic hydroxyl groups excluding tert-OH is 1. The molecule has 1 atom stereocenters. The van der Waals surface area contributed by atoms with Gasteiger partial charge in [-0.2, -0.15) is 0 Å². The second kappa shape index (κ2) is 6.39. The molecule has 3 nitrogen and oxygen atoms in total. The lowest BCUT2D eigenvalue weighted by Crippen LogP contribution is -2.06. The van der Waals surface area contributed by atoms with Gasteiger partial charge in [-0.1, -0.05) is 13.8 Å². The van der Waals surface area contributed by atoms with Gasteiger partial charge in [0, 0.05) is 25.5 Å². The summed E-state index contributed by atoms with van der Waals surface area (Å²) in [4.78, 5) is 0. The van der Waals surface area contributed by atoms with Crippen LogP contribution >= 0.6 is 0 Å². The number of rotatable bonds is 8. The van der Waals surface area contributed by atoms with Crippen molar-refractivity contribution in [1.82, 2.24) is 4.57 Å². The third-order valence-electron chi connectivity index (χ3n) is 3.52. The number of hydrogen-bond donors (Lipinski definition) is 1. The van der Waals surface area contributed by atoms with E-state index in [0.717, 1.165) is 31.7 Å². The van der Waals surface area contributed by atoms with Crippen LogP contribution in [-0.2, 0) is 11.3 Å². The Morgan fingerprint density at radius 1 is 1.39 bits per heavy atom. The number of nitrogens with zero attached hydrogens (tertiary/aromatic N) is 1. The Kier molecular flexibility index (Phi) is 4.84. The molecule has 1 heterocycles. The van der Waals surface area contributed by atoms with Gasteiger partial charge in [-0.15, -0.1) is 0 Å². The van der Waals surface area contributed by atoms with Crippen LogP contribution in [0.1, 0.15) is 44.8 Å². The molecule has 0 spiro atoms. The summed E-state index contributed by atoms with van der Waals surface area (Å²) in [6.45, 7) is 6.88. The van der Waals surface area contributed by atoms with E-state index in [-0.39, 0.29) is 6.10 Å². The van der Waals surface area contributed by atoms with E-state index < -0.39 is 0 Å². The molecule has 1 N–H and O–H groups in total. The second-order valence-corrected chi connectivity index (χ2v) is 5.76. The fraction of sp³-hybridized carbons (Fsp3) is 0.733. The van der Waals surface area contributed by atoms with Gasteiger partial charge in [0.1, 0.15) is 0 Å². The first-order valence-corrected chi connectivity index (χ1v) is 7.08. The van der Waals surface area contributed by atoms with Crippen molar-refractivity contribution in [3.8, 4) is 0 Å². The lowest BCUT2D eigenvalue weighted by Gasteiger charge is -2.08. The van der Waals surface area contributed by atoms with Gasteiger partial charge in [0.15, 0.2) is 0 Å². The van der Waals surface area contributed by atoms with Crippen LogP contribution < -0.4 is 0 Å². The zero-order chi connectivity index (χ0) is 13.0. The summed E-state index contributed by atoms with van der Waals surface area (Å²) in [5.41, 5.74) is 1.06. The van der Waals surface area contributed by atoms with E-state index in [2.05, 4.69) is 24.6 Å². The van der Waals surface area contributed by atoms with Crippen LogP contribution in [0.2, 0.25) is 0 Å². The highest BCUT2D eigenvalue weighted by atomic mass is 16.5. The average molecular weight is 251 g/mol. The maximum atomic E-state index is 10.00. The van der Waals surface area contributed by atoms with Crippen molar-refractivity contribution in [2.24, 2.45) is 11.8 Å². The number of ether oxygens (including phenoxy) is 1. The first-order valence-electron chi connectivity index (χ1n) is 7.08. The van der Waals surface area contributed by atoms with Crippen molar-refractivity contribution in [3.05, 3.63) is 24.0 Å². The van der Waals surface area contributed by atoms with Gasteiger partial charge < -0.3 is 14.4 Å². The minimum atomic E-state index is -0.256. The van der Waals surface area contributed by atoms with Gasteiger partial charge in [0.2, 0.25) is 0 Å². The zero-order valence-corrected chi connectivity index (χ0v) is 11.5. The zero-order valence-electron chi connectivity index (χ0n) is 11.5. The van der Waals surface area contributed by atoms with Gasteiger partial charge in [-0.25, -0.2) is 0 Å². The van der Waals surface area contributed by atoms with Crippen molar-refractivity contribution in [3.63, 3.8) is 0 Å². The highest BCUT2D eigenvalue weighted by Gasteiger charge is 2.31. The summed E-state index contributed by atoms with van der Waals surface area (Å²) in [5, 5.41) is 10.00. The van der Waals surface area contributed by atoms with Crippen LogP contribution in [0.3, 0.4) is 0 Å². The van der Waals surface area contributed by atoms with Crippen LogP contribution in [-0.4, -0.2) is 22.9 Å². The number of hydrogen-bond acceptors (Lipinski definition) is 2. The molecule has 18 heavy (non-hydrogen) atoms. The van der Waals surface area contributed by atoms with Gasteiger partial charge in [-0.3, -0.25) is 0 Å². The molecular weight excluding hydrogens is 226 g/mol. The molecule has 1 aromatic rings. The van der Waals surface area contributed by atoms with E-state index in [4.69, 9.17) is 4.74 Å². The molecule has 3 heteroatoms. The summed E-state index contributed by atoms with van der Waals surface area (Å²) in [5.74, 6) is 1.21. The molecule has 1 aliphatic rings. The quantitative estimate of drug-likeness (QED) is 0.721. The van der Waals surface area contributed by atoms with E-state index in [0.29, 0.717) is 11.8 Å². The van der Waals surface area contributed by atoms with E-state index in [1.165, 1.54) is 12.8 Å². The lowest BCUT2D eigenvalue weighted by molar-refractivity contribution is 0.116. The van der Waals surface area contributed by atoms with Crippen LogP contribution in [0.5, 0.6) is 0 Å². The van der Waals surface area contributed by atoms with Gasteiger partial charge in [-0.05, 0) is 42.7 Å². The van der Waals surface area contributed by atoms with Crippen LogP contribution in [0.25, 0.3) is 0 Å². The number of aliphatic hydroxyl groups is 1. The molecule has 0 amide bonds. The summed E-state index contributed by atoms with van der Waals surface area (Å²) in [7, 11) is 0. The molecule has 0 aromatic carbocycles. The van der Waals surface area contributed by atoms with E-state index in [1.54, 1.807) is 0 Å². The SMILES string of the molecule is CC(C)CCOCCn1ccc(C(O)C2CC2)c1. The molecule has 0 radical (unpaired) electrons. The van der Waals surface area contributed by atoms with Crippen molar-refractivity contribution >= 4 is 0 Å². The molecule has 102 valence electrons. The Labute approximate surface area is 110 Å². The van der Waals surface area contributed by atoms with Crippen molar-refractivity contribution < 1.29 is 9.84 Å². The van der Waals surface area contributed by atoms with Gasteiger partial charge in [0.25, 0.3) is 0 Å². The molecule has 0 aliphatic heterocycles. The Bertz CT molecular complexity index is 355. The van der Waals surface area contributed by atoms with Crippen molar-refractivity contribution in [1.29, 1.82) is 0 Å². The van der Waals surface area contributed by atoms with Crippen LogP contribution in [0.15, 0.2) is 18.5 Å². The maximum absolute atomic E-state index is 10.00. The fourth-order valence-corrected chi connectivity index (χ4v) is 2.05. The van der Waals surface area contributed by atoms with Gasteiger partial charge in [0.05, 0.1) is 12.7 Å². The summed E-state index contributed by atoms with van der Waals surface area (Å²) in [6.07, 6.45) is 7.29. The molecule has 0 saturated heterocycles. The van der Waals surface area contributed by atoms with Crippen LogP contribution in [0.4, 0.5) is 0 Å². The third-order valence-corrected chi connectivity index (χ3v) is 3.52. The van der Waals surface area contributed by atoms with E-state index in [1.807, 2.05) is 12.3 Å². The van der Waals surface area contributed by atoms with E-state index >= 15 is 0 Å². The molecule has 1 saturated carbocycles. The topological polar surface area (TPSA) is 34.4 Å². The van der Waals surface area contributed by atoms with Crippen molar-refractivity contribution in [2.75, 3.05) is 13.2 Å². The third kappa shape index (κ3) is 4.14. The summed E-state index contributed by atoms with van der Waals surface area (Å²) >= 11 is 0. The van der Waals surface area contributed by atoms with E-state index in [9.17, 15) is 5.11 Å². The predicted molar refractivity (Wildman–Crippen MR) is 72.4 cm³/mol. The molecule has 1 aromatic heterocycles. The molecule has 2 rings (SSSR count). The summed E-state index contributed by atoms with van der Waals surface area (Å²) in [6, 6.07) is 2.02. The smallest absolute Gasteiger partial charge is 0.0832 e. The fourth-order valence-electron chi connectivity index (χ4n) is 2.05. The summed E-state index contributed by atoms with van der Waals surface area (Å²) < 4.78 is 7.70. The molecule has 1 unspecified atom stereocenters. The minimum Gasteiger partial charge on any atom is -0.388 e. The maximum Gasteiger partial charge on any atom is 0.0832 e. The highest BCUT2D eigenvalue weighted by molar-refractivity contribution is 5.16. The van der Waals surface area contributed by atoms with Crippen LogP contribution in [0, 0.1) is 11.8 Å². The standard InChI is InChI=1S/C15H25NO2/c1-12(2)6-9-18-10-8-16-7-5-14(11-16)15(17)13-3-4-13/h5,7,11-13,15,17H,3-4,6,8-10H2,1-2H3.